The van der Waals surface area contributed by atoms with Crippen molar-refractivity contribution < 1.29 is 9.59 Å². The molecule has 7 nitrogen and oxygen atoms in total. The average Bonchev–Trinajstić information content (AvgIpc) is 3.01. The van der Waals surface area contributed by atoms with Gasteiger partial charge < -0.3 is 10.2 Å². The number of rotatable bonds is 7. The molecule has 0 spiro atoms. The van der Waals surface area contributed by atoms with Crippen LogP contribution in [0.2, 0.25) is 5.02 Å². The summed E-state index contributed by atoms with van der Waals surface area (Å²) in [5, 5.41) is 8.08. The van der Waals surface area contributed by atoms with Gasteiger partial charge in [-0.05, 0) is 38.1 Å². The van der Waals surface area contributed by atoms with Gasteiger partial charge in [0.05, 0.1) is 24.3 Å². The first kappa shape index (κ1) is 22.1. The minimum Gasteiger partial charge on any atom is -0.352 e. The number of amides is 2. The van der Waals surface area contributed by atoms with Crippen LogP contribution >= 0.6 is 11.6 Å². The standard InChI is InChI=1S/C22H28ClN5O2/c1-4-9-24-21(29)15-26-10-12-27(13-11-26)22(30)14-20-16(2)25-28(17(20)3)19-7-5-18(23)6-8-19/h4-8H,1,9-15H2,2-3H3,(H,24,29). The number of piperazine rings is 1. The zero-order chi connectivity index (χ0) is 21.7. The molecule has 2 aromatic rings. The molecular formula is C22H28ClN5O2. The minimum absolute atomic E-state index is 0.0180. The second-order valence-corrected chi connectivity index (χ2v) is 7.90. The maximum Gasteiger partial charge on any atom is 0.234 e. The maximum atomic E-state index is 12.9. The molecule has 1 aliphatic heterocycles. The fourth-order valence-corrected chi connectivity index (χ4v) is 3.75. The molecule has 0 aliphatic carbocycles. The van der Waals surface area contributed by atoms with E-state index in [-0.39, 0.29) is 11.8 Å². The van der Waals surface area contributed by atoms with Crippen molar-refractivity contribution in [2.75, 3.05) is 39.3 Å². The molecule has 0 bridgehead atoms. The van der Waals surface area contributed by atoms with E-state index in [0.29, 0.717) is 50.7 Å². The molecule has 3 rings (SSSR count). The molecule has 1 aromatic heterocycles. The SMILES string of the molecule is C=CCNC(=O)CN1CCN(C(=O)Cc2c(C)nn(-c3ccc(Cl)cc3)c2C)CC1. The predicted octanol–water partition coefficient (Wildman–Crippen LogP) is 2.13. The summed E-state index contributed by atoms with van der Waals surface area (Å²) < 4.78 is 1.86. The Kier molecular flexibility index (Phi) is 7.29. The maximum absolute atomic E-state index is 12.9. The van der Waals surface area contributed by atoms with Gasteiger partial charge in [0.1, 0.15) is 0 Å². The van der Waals surface area contributed by atoms with Crippen molar-refractivity contribution in [3.63, 3.8) is 0 Å². The van der Waals surface area contributed by atoms with Crippen LogP contribution in [-0.4, -0.2) is 70.7 Å². The monoisotopic (exact) mass is 429 g/mol. The lowest BCUT2D eigenvalue weighted by Crippen LogP contribution is -2.51. The third-order valence-corrected chi connectivity index (χ3v) is 5.63. The van der Waals surface area contributed by atoms with Crippen LogP contribution in [0.1, 0.15) is 17.0 Å². The lowest BCUT2D eigenvalue weighted by atomic mass is 10.1. The van der Waals surface area contributed by atoms with Crippen molar-refractivity contribution in [3.05, 3.63) is 58.9 Å². The van der Waals surface area contributed by atoms with E-state index in [4.69, 9.17) is 11.6 Å². The van der Waals surface area contributed by atoms with Crippen molar-refractivity contribution in [2.24, 2.45) is 0 Å². The van der Waals surface area contributed by atoms with Crippen LogP contribution in [0.25, 0.3) is 5.69 Å². The highest BCUT2D eigenvalue weighted by atomic mass is 35.5. The molecule has 1 fully saturated rings. The number of carbonyl (C=O) groups excluding carboxylic acids is 2. The van der Waals surface area contributed by atoms with E-state index in [1.165, 1.54) is 0 Å². The Morgan fingerprint density at radius 2 is 1.83 bits per heavy atom. The molecule has 160 valence electrons. The molecule has 30 heavy (non-hydrogen) atoms. The highest BCUT2D eigenvalue weighted by Crippen LogP contribution is 2.21. The third-order valence-electron chi connectivity index (χ3n) is 5.38. The first-order chi connectivity index (χ1) is 14.4. The highest BCUT2D eigenvalue weighted by Gasteiger charge is 2.24. The Morgan fingerprint density at radius 3 is 2.47 bits per heavy atom. The zero-order valence-electron chi connectivity index (χ0n) is 17.5. The Balaban J connectivity index is 1.59. The molecule has 1 aliphatic rings. The van der Waals surface area contributed by atoms with Gasteiger partial charge in [-0.15, -0.1) is 6.58 Å². The fraction of sp³-hybridized carbons (Fsp3) is 0.409. The molecule has 0 radical (unpaired) electrons. The number of aryl methyl sites for hydroxylation is 1. The van der Waals surface area contributed by atoms with E-state index in [1.54, 1.807) is 6.08 Å². The molecule has 1 N–H and O–H groups in total. The first-order valence-electron chi connectivity index (χ1n) is 10.1. The molecule has 1 aromatic carbocycles. The first-order valence-corrected chi connectivity index (χ1v) is 10.5. The van der Waals surface area contributed by atoms with Crippen molar-refractivity contribution in [3.8, 4) is 5.69 Å². The van der Waals surface area contributed by atoms with Gasteiger partial charge in [-0.2, -0.15) is 5.10 Å². The van der Waals surface area contributed by atoms with Crippen molar-refractivity contribution in [2.45, 2.75) is 20.3 Å². The van der Waals surface area contributed by atoms with Gasteiger partial charge in [0, 0.05) is 49.0 Å². The lowest BCUT2D eigenvalue weighted by molar-refractivity contribution is -0.132. The molecule has 1 saturated heterocycles. The fourth-order valence-electron chi connectivity index (χ4n) is 3.63. The molecule has 2 amide bonds. The highest BCUT2D eigenvalue weighted by molar-refractivity contribution is 6.30. The number of carbonyl (C=O) groups is 2. The van der Waals surface area contributed by atoms with Gasteiger partial charge in [-0.3, -0.25) is 14.5 Å². The number of hydrogen-bond donors (Lipinski definition) is 1. The topological polar surface area (TPSA) is 70.5 Å². The van der Waals surface area contributed by atoms with Crippen LogP contribution < -0.4 is 5.32 Å². The van der Waals surface area contributed by atoms with Crippen molar-refractivity contribution in [1.29, 1.82) is 0 Å². The number of benzene rings is 1. The zero-order valence-corrected chi connectivity index (χ0v) is 18.3. The average molecular weight is 430 g/mol. The molecule has 2 heterocycles. The van der Waals surface area contributed by atoms with Crippen LogP contribution in [0.4, 0.5) is 0 Å². The molecular weight excluding hydrogens is 402 g/mol. The summed E-state index contributed by atoms with van der Waals surface area (Å²) in [4.78, 5) is 28.7. The molecule has 0 atom stereocenters. The summed E-state index contributed by atoms with van der Waals surface area (Å²) in [7, 11) is 0. The number of nitrogens with zero attached hydrogens (tertiary/aromatic N) is 4. The van der Waals surface area contributed by atoms with Gasteiger partial charge in [-0.1, -0.05) is 17.7 Å². The second kappa shape index (κ2) is 9.91. The number of nitrogens with one attached hydrogen (secondary N) is 1. The third kappa shape index (κ3) is 5.29. The number of hydrogen-bond acceptors (Lipinski definition) is 4. The van der Waals surface area contributed by atoms with Gasteiger partial charge >= 0.3 is 0 Å². The van der Waals surface area contributed by atoms with Gasteiger partial charge in [0.15, 0.2) is 0 Å². The number of aromatic nitrogens is 2. The van der Waals surface area contributed by atoms with Crippen LogP contribution in [0.3, 0.4) is 0 Å². The quantitative estimate of drug-likeness (QED) is 0.684. The van der Waals surface area contributed by atoms with Crippen molar-refractivity contribution in [1.82, 2.24) is 24.9 Å². The Morgan fingerprint density at radius 1 is 1.17 bits per heavy atom. The normalized spacial score (nSPS) is 14.6. The van der Waals surface area contributed by atoms with E-state index in [0.717, 1.165) is 22.6 Å². The molecule has 8 heteroatoms. The molecule has 0 unspecified atom stereocenters. The van der Waals surface area contributed by atoms with Crippen LogP contribution in [-0.2, 0) is 16.0 Å². The van der Waals surface area contributed by atoms with Gasteiger partial charge in [0.2, 0.25) is 11.8 Å². The summed E-state index contributed by atoms with van der Waals surface area (Å²) in [6.45, 7) is 11.0. The summed E-state index contributed by atoms with van der Waals surface area (Å²) in [5.41, 5.74) is 3.69. The van der Waals surface area contributed by atoms with E-state index >= 15 is 0 Å². The predicted molar refractivity (Wildman–Crippen MR) is 118 cm³/mol. The van der Waals surface area contributed by atoms with Crippen LogP contribution in [0.5, 0.6) is 0 Å². The summed E-state index contributed by atoms with van der Waals surface area (Å²) >= 11 is 5.98. The Hall–Kier alpha value is -2.64. The van der Waals surface area contributed by atoms with Gasteiger partial charge in [-0.25, -0.2) is 4.68 Å². The van der Waals surface area contributed by atoms with E-state index < -0.39 is 0 Å². The van der Waals surface area contributed by atoms with Crippen molar-refractivity contribution >= 4 is 23.4 Å². The minimum atomic E-state index is -0.0180. The van der Waals surface area contributed by atoms with Crippen LogP contribution in [0, 0.1) is 13.8 Å². The summed E-state index contributed by atoms with van der Waals surface area (Å²) in [6.07, 6.45) is 1.98. The smallest absolute Gasteiger partial charge is 0.234 e. The second-order valence-electron chi connectivity index (χ2n) is 7.46. The van der Waals surface area contributed by atoms with Crippen LogP contribution in [0.15, 0.2) is 36.9 Å². The largest absolute Gasteiger partial charge is 0.352 e. The van der Waals surface area contributed by atoms with Gasteiger partial charge in [0.25, 0.3) is 0 Å². The Bertz CT molecular complexity index is 914. The lowest BCUT2D eigenvalue weighted by Gasteiger charge is -2.34. The summed E-state index contributed by atoms with van der Waals surface area (Å²) in [6, 6.07) is 7.49. The van der Waals surface area contributed by atoms with E-state index in [9.17, 15) is 9.59 Å². The molecule has 0 saturated carbocycles. The Labute approximate surface area is 182 Å². The summed E-state index contributed by atoms with van der Waals surface area (Å²) in [5.74, 6) is 0.0724. The number of halogens is 1. The van der Waals surface area contributed by atoms with E-state index in [1.807, 2.05) is 47.7 Å². The van der Waals surface area contributed by atoms with E-state index in [2.05, 4.69) is 21.9 Å².